The number of hydrogen-bond donors (Lipinski definition) is 1. The second-order valence-electron chi connectivity index (χ2n) is 8.28. The number of nitrogens with one attached hydrogen (secondary N) is 1. The molecule has 1 N–H and O–H groups in total. The van der Waals surface area contributed by atoms with E-state index in [-0.39, 0.29) is 11.8 Å². The van der Waals surface area contributed by atoms with Gasteiger partial charge >= 0.3 is 0 Å². The Morgan fingerprint density at radius 1 is 0.935 bits per heavy atom. The molecule has 1 saturated heterocycles. The lowest BCUT2D eigenvalue weighted by atomic mass is 9.95. The van der Waals surface area contributed by atoms with Crippen LogP contribution in [0.2, 0.25) is 0 Å². The molecule has 4 heteroatoms. The second kappa shape index (κ2) is 10.7. The predicted molar refractivity (Wildman–Crippen MR) is 130 cm³/mol. The molecular weight excluding hydrogens is 400 g/mol. The van der Waals surface area contributed by atoms with Crippen LogP contribution in [-0.2, 0) is 17.1 Å². The SMILES string of the molecule is Cc1cc(CSc2ccccc2)ccc1NC(=O)C1CCN(Cc2ccccc2)CC1. The van der Waals surface area contributed by atoms with Crippen molar-refractivity contribution in [1.82, 2.24) is 4.90 Å². The number of aryl methyl sites for hydroxylation is 1. The van der Waals surface area contributed by atoms with Gasteiger partial charge in [-0.05, 0) is 67.7 Å². The molecule has 0 aliphatic carbocycles. The highest BCUT2D eigenvalue weighted by Gasteiger charge is 2.25. The van der Waals surface area contributed by atoms with Crippen LogP contribution in [0, 0.1) is 12.8 Å². The molecule has 160 valence electrons. The summed E-state index contributed by atoms with van der Waals surface area (Å²) < 4.78 is 0. The highest BCUT2D eigenvalue weighted by atomic mass is 32.2. The molecule has 0 radical (unpaired) electrons. The molecule has 1 amide bonds. The van der Waals surface area contributed by atoms with E-state index < -0.39 is 0 Å². The molecule has 3 aromatic carbocycles. The molecule has 0 spiro atoms. The summed E-state index contributed by atoms with van der Waals surface area (Å²) in [5, 5.41) is 3.18. The Hall–Kier alpha value is -2.56. The normalized spacial score (nSPS) is 15.0. The van der Waals surface area contributed by atoms with Gasteiger partial charge in [-0.2, -0.15) is 0 Å². The summed E-state index contributed by atoms with van der Waals surface area (Å²) in [7, 11) is 0. The first kappa shape index (κ1) is 21.7. The maximum atomic E-state index is 12.8. The van der Waals surface area contributed by atoms with Gasteiger partial charge in [-0.25, -0.2) is 0 Å². The number of piperidine rings is 1. The average molecular weight is 431 g/mol. The first-order valence-corrected chi connectivity index (χ1v) is 12.0. The number of thioether (sulfide) groups is 1. The number of benzene rings is 3. The van der Waals surface area contributed by atoms with E-state index in [2.05, 4.69) is 89.9 Å². The van der Waals surface area contributed by atoms with Crippen molar-refractivity contribution >= 4 is 23.4 Å². The predicted octanol–water partition coefficient (Wildman–Crippen LogP) is 6.14. The van der Waals surface area contributed by atoms with Gasteiger partial charge < -0.3 is 5.32 Å². The molecule has 1 aliphatic rings. The molecule has 3 nitrogen and oxygen atoms in total. The molecule has 0 unspecified atom stereocenters. The van der Waals surface area contributed by atoms with Crippen molar-refractivity contribution in [2.75, 3.05) is 18.4 Å². The van der Waals surface area contributed by atoms with Crippen LogP contribution >= 0.6 is 11.8 Å². The molecule has 1 fully saturated rings. The molecule has 1 aliphatic heterocycles. The van der Waals surface area contributed by atoms with Crippen LogP contribution < -0.4 is 5.32 Å². The molecule has 0 atom stereocenters. The highest BCUT2D eigenvalue weighted by Crippen LogP contribution is 2.26. The first-order valence-electron chi connectivity index (χ1n) is 11.0. The Labute approximate surface area is 189 Å². The van der Waals surface area contributed by atoms with E-state index in [0.717, 1.165) is 49.5 Å². The van der Waals surface area contributed by atoms with E-state index in [4.69, 9.17) is 0 Å². The lowest BCUT2D eigenvalue weighted by Gasteiger charge is -2.31. The maximum absolute atomic E-state index is 12.8. The fraction of sp³-hybridized carbons (Fsp3) is 0.296. The summed E-state index contributed by atoms with van der Waals surface area (Å²) >= 11 is 1.83. The molecule has 31 heavy (non-hydrogen) atoms. The van der Waals surface area contributed by atoms with Crippen molar-refractivity contribution in [2.24, 2.45) is 5.92 Å². The Kier molecular flexibility index (Phi) is 7.44. The summed E-state index contributed by atoms with van der Waals surface area (Å²) in [6.07, 6.45) is 1.84. The third-order valence-electron chi connectivity index (χ3n) is 5.90. The van der Waals surface area contributed by atoms with Crippen molar-refractivity contribution in [3.63, 3.8) is 0 Å². The molecule has 0 saturated carbocycles. The lowest BCUT2D eigenvalue weighted by Crippen LogP contribution is -2.37. The van der Waals surface area contributed by atoms with E-state index in [1.165, 1.54) is 16.0 Å². The van der Waals surface area contributed by atoms with Crippen LogP contribution in [0.3, 0.4) is 0 Å². The summed E-state index contributed by atoms with van der Waals surface area (Å²) in [4.78, 5) is 16.6. The summed E-state index contributed by atoms with van der Waals surface area (Å²) in [5.74, 6) is 1.19. The van der Waals surface area contributed by atoms with Crippen molar-refractivity contribution in [1.29, 1.82) is 0 Å². The van der Waals surface area contributed by atoms with Crippen LogP contribution in [0.15, 0.2) is 83.8 Å². The van der Waals surface area contributed by atoms with Gasteiger partial charge in [0.25, 0.3) is 0 Å². The van der Waals surface area contributed by atoms with Crippen LogP contribution in [0.4, 0.5) is 5.69 Å². The zero-order valence-corrected chi connectivity index (χ0v) is 18.9. The zero-order valence-electron chi connectivity index (χ0n) is 18.1. The summed E-state index contributed by atoms with van der Waals surface area (Å²) in [5.41, 5.74) is 4.68. The number of carbonyl (C=O) groups excluding carboxylic acids is 1. The van der Waals surface area contributed by atoms with Crippen molar-refractivity contribution < 1.29 is 4.79 Å². The Morgan fingerprint density at radius 2 is 1.61 bits per heavy atom. The topological polar surface area (TPSA) is 32.3 Å². The largest absolute Gasteiger partial charge is 0.326 e. The van der Waals surface area contributed by atoms with E-state index in [0.29, 0.717) is 0 Å². The maximum Gasteiger partial charge on any atom is 0.227 e. The van der Waals surface area contributed by atoms with Crippen molar-refractivity contribution in [3.8, 4) is 0 Å². The lowest BCUT2D eigenvalue weighted by molar-refractivity contribution is -0.121. The van der Waals surface area contributed by atoms with Gasteiger partial charge in [0.05, 0.1) is 0 Å². The van der Waals surface area contributed by atoms with Gasteiger partial charge in [0.15, 0.2) is 0 Å². The number of anilines is 1. The highest BCUT2D eigenvalue weighted by molar-refractivity contribution is 7.98. The number of rotatable bonds is 7. The zero-order chi connectivity index (χ0) is 21.5. The van der Waals surface area contributed by atoms with E-state index >= 15 is 0 Å². The van der Waals surface area contributed by atoms with Crippen LogP contribution in [-0.4, -0.2) is 23.9 Å². The first-order chi connectivity index (χ1) is 15.2. The third kappa shape index (κ3) is 6.22. The van der Waals surface area contributed by atoms with E-state index in [9.17, 15) is 4.79 Å². The quantitative estimate of drug-likeness (QED) is 0.457. The smallest absolute Gasteiger partial charge is 0.227 e. The molecular formula is C27H30N2OS. The molecule has 4 rings (SSSR count). The minimum Gasteiger partial charge on any atom is -0.326 e. The Morgan fingerprint density at radius 3 is 2.29 bits per heavy atom. The van der Waals surface area contributed by atoms with Crippen molar-refractivity contribution in [2.45, 2.75) is 37.0 Å². The third-order valence-corrected chi connectivity index (χ3v) is 6.99. The minimum absolute atomic E-state index is 0.0970. The fourth-order valence-electron chi connectivity index (χ4n) is 4.07. The number of likely N-dealkylation sites (tertiary alicyclic amines) is 1. The number of nitrogens with zero attached hydrogens (tertiary/aromatic N) is 1. The van der Waals surface area contributed by atoms with Crippen LogP contribution in [0.1, 0.15) is 29.5 Å². The Balaban J connectivity index is 1.26. The van der Waals surface area contributed by atoms with Gasteiger partial charge in [0.1, 0.15) is 0 Å². The van der Waals surface area contributed by atoms with Gasteiger partial charge in [-0.15, -0.1) is 11.8 Å². The molecule has 0 aromatic heterocycles. The number of hydrogen-bond acceptors (Lipinski definition) is 3. The van der Waals surface area contributed by atoms with Gasteiger partial charge in [-0.3, -0.25) is 9.69 Å². The average Bonchev–Trinajstić information content (AvgIpc) is 2.81. The Bertz CT molecular complexity index is 983. The monoisotopic (exact) mass is 430 g/mol. The molecule has 3 aromatic rings. The summed E-state index contributed by atoms with van der Waals surface area (Å²) in [6, 6.07) is 27.4. The fourth-order valence-corrected chi connectivity index (χ4v) is 4.93. The number of carbonyl (C=O) groups is 1. The standard InChI is InChI=1S/C27H30N2OS/c1-21-18-23(20-31-25-10-6-3-7-11-25)12-13-26(21)28-27(30)24-14-16-29(17-15-24)19-22-8-4-2-5-9-22/h2-13,18,24H,14-17,19-20H2,1H3,(H,28,30). The van der Waals surface area contributed by atoms with Gasteiger partial charge in [0.2, 0.25) is 5.91 Å². The second-order valence-corrected chi connectivity index (χ2v) is 9.33. The molecule has 1 heterocycles. The summed E-state index contributed by atoms with van der Waals surface area (Å²) in [6.45, 7) is 4.99. The number of amides is 1. The molecule has 0 bridgehead atoms. The van der Waals surface area contributed by atoms with E-state index in [1.54, 1.807) is 0 Å². The minimum atomic E-state index is 0.0970. The van der Waals surface area contributed by atoms with Gasteiger partial charge in [-0.1, -0.05) is 60.7 Å². The van der Waals surface area contributed by atoms with Crippen LogP contribution in [0.25, 0.3) is 0 Å². The van der Waals surface area contributed by atoms with Crippen LogP contribution in [0.5, 0.6) is 0 Å². The van der Waals surface area contributed by atoms with Crippen molar-refractivity contribution in [3.05, 3.63) is 95.6 Å². The van der Waals surface area contributed by atoms with E-state index in [1.807, 2.05) is 17.8 Å². The van der Waals surface area contributed by atoms with Gasteiger partial charge in [0, 0.05) is 28.8 Å².